The summed E-state index contributed by atoms with van der Waals surface area (Å²) in [7, 11) is 0. The van der Waals surface area contributed by atoms with Crippen molar-refractivity contribution < 1.29 is 9.72 Å². The Morgan fingerprint density at radius 2 is 1.94 bits per heavy atom. The lowest BCUT2D eigenvalue weighted by Crippen LogP contribution is -2.13. The predicted octanol–water partition coefficient (Wildman–Crippen LogP) is 1.62. The molecule has 1 aromatic rings. The second-order valence-electron chi connectivity index (χ2n) is 3.17. The topological polar surface area (TPSA) is 84.6 Å². The fourth-order valence-corrected chi connectivity index (χ4v) is 1.37. The van der Waals surface area contributed by atoms with Crippen LogP contribution in [0.1, 0.15) is 5.56 Å². The van der Waals surface area contributed by atoms with Gasteiger partial charge in [-0.15, -0.1) is 0 Å². The van der Waals surface area contributed by atoms with Crippen LogP contribution < -0.4 is 5.32 Å². The van der Waals surface area contributed by atoms with Crippen LogP contribution in [-0.2, 0) is 0 Å². The molecule has 0 saturated carbocycles. The van der Waals surface area contributed by atoms with Gasteiger partial charge in [0, 0.05) is 17.7 Å². The molecule has 0 unspecified atom stereocenters. The number of nitrogens with zero attached hydrogens (tertiary/aromatic N) is 2. The number of nitro benzene ring substituents is 1. The summed E-state index contributed by atoms with van der Waals surface area (Å²) in [6.07, 6.45) is 0. The minimum atomic E-state index is -0.488. The summed E-state index contributed by atoms with van der Waals surface area (Å²) in [6, 6.07) is 5.30. The third kappa shape index (κ3) is 1.68. The van der Waals surface area contributed by atoms with Crippen LogP contribution in [0, 0.1) is 10.1 Å². The summed E-state index contributed by atoms with van der Waals surface area (Å²) in [6.45, 7) is 3.62. The molecule has 1 heterocycles. The first-order valence-corrected chi connectivity index (χ1v) is 4.42. The molecule has 0 aliphatic carbocycles. The van der Waals surface area contributed by atoms with Gasteiger partial charge >= 0.3 is 6.03 Å². The second-order valence-corrected chi connectivity index (χ2v) is 3.17. The fraction of sp³-hybridized carbons (Fsp3) is 0. The van der Waals surface area contributed by atoms with Gasteiger partial charge in [0.05, 0.1) is 16.3 Å². The summed E-state index contributed by atoms with van der Waals surface area (Å²) < 4.78 is 0. The number of non-ortho nitro benzene ring substituents is 1. The van der Waals surface area contributed by atoms with E-state index in [-0.39, 0.29) is 5.69 Å². The van der Waals surface area contributed by atoms with Crippen LogP contribution in [0.15, 0.2) is 41.5 Å². The van der Waals surface area contributed by atoms with Crippen LogP contribution in [0.5, 0.6) is 0 Å². The number of aliphatic imine (C=N–C) groups is 1. The molecule has 0 atom stereocenters. The highest BCUT2D eigenvalue weighted by Crippen LogP contribution is 2.16. The van der Waals surface area contributed by atoms with Crippen LogP contribution in [-0.4, -0.2) is 16.7 Å². The molecule has 2 rings (SSSR count). The average molecular weight is 217 g/mol. The number of hydrogen-bond donors (Lipinski definition) is 1. The van der Waals surface area contributed by atoms with Crippen LogP contribution in [0.3, 0.4) is 0 Å². The van der Waals surface area contributed by atoms with Gasteiger partial charge in [0.1, 0.15) is 0 Å². The van der Waals surface area contributed by atoms with Crippen molar-refractivity contribution in [2.45, 2.75) is 0 Å². The maximum absolute atomic E-state index is 10.9. The molecule has 16 heavy (non-hydrogen) atoms. The van der Waals surface area contributed by atoms with Crippen LogP contribution in [0.4, 0.5) is 10.5 Å². The Balaban J connectivity index is 2.36. The normalized spacial score (nSPS) is 14.6. The van der Waals surface area contributed by atoms with Crippen molar-refractivity contribution in [1.29, 1.82) is 0 Å². The summed E-state index contributed by atoms with van der Waals surface area (Å²) >= 11 is 0. The first-order chi connectivity index (χ1) is 7.58. The van der Waals surface area contributed by atoms with Crippen molar-refractivity contribution >= 4 is 17.4 Å². The van der Waals surface area contributed by atoms with E-state index < -0.39 is 11.0 Å². The van der Waals surface area contributed by atoms with E-state index in [1.54, 1.807) is 0 Å². The molecule has 0 aromatic heterocycles. The van der Waals surface area contributed by atoms with Gasteiger partial charge in [-0.2, -0.15) is 4.99 Å². The smallest absolute Gasteiger partial charge is 0.305 e. The van der Waals surface area contributed by atoms with Crippen molar-refractivity contribution in [3.63, 3.8) is 0 Å². The van der Waals surface area contributed by atoms with E-state index in [9.17, 15) is 14.9 Å². The standard InChI is InChI=1S/C10H7N3O3/c1-6-9(12-10(14)11-6)7-2-4-8(5-3-7)13(15)16/h2-5H,1H2,(H,11,14). The largest absolute Gasteiger partial charge is 0.346 e. The van der Waals surface area contributed by atoms with Crippen molar-refractivity contribution in [1.82, 2.24) is 5.32 Å². The van der Waals surface area contributed by atoms with Gasteiger partial charge in [-0.1, -0.05) is 6.58 Å². The van der Waals surface area contributed by atoms with E-state index in [0.29, 0.717) is 17.0 Å². The summed E-state index contributed by atoms with van der Waals surface area (Å²) in [5.74, 6) is 0. The molecular weight excluding hydrogens is 210 g/mol. The fourth-order valence-electron chi connectivity index (χ4n) is 1.37. The highest BCUT2D eigenvalue weighted by Gasteiger charge is 2.19. The highest BCUT2D eigenvalue weighted by molar-refractivity contribution is 6.20. The summed E-state index contributed by atoms with van der Waals surface area (Å²) in [5.41, 5.74) is 1.43. The van der Waals surface area contributed by atoms with Gasteiger partial charge in [-0.05, 0) is 12.1 Å². The molecule has 1 aliphatic rings. The minimum absolute atomic E-state index is 0.00718. The molecule has 2 amide bonds. The quantitative estimate of drug-likeness (QED) is 0.603. The Bertz CT molecular complexity index is 517. The maximum atomic E-state index is 10.9. The molecule has 1 aliphatic heterocycles. The third-order valence-corrected chi connectivity index (χ3v) is 2.11. The monoisotopic (exact) mass is 217 g/mol. The van der Waals surface area contributed by atoms with Crippen LogP contribution in [0.2, 0.25) is 0 Å². The molecule has 1 aromatic carbocycles. The molecule has 6 heteroatoms. The molecular formula is C10H7N3O3. The van der Waals surface area contributed by atoms with E-state index in [1.807, 2.05) is 0 Å². The minimum Gasteiger partial charge on any atom is -0.305 e. The molecule has 0 spiro atoms. The number of rotatable bonds is 2. The van der Waals surface area contributed by atoms with E-state index in [2.05, 4.69) is 16.9 Å². The number of amides is 2. The first kappa shape index (κ1) is 10.0. The lowest BCUT2D eigenvalue weighted by molar-refractivity contribution is -0.384. The van der Waals surface area contributed by atoms with Crippen molar-refractivity contribution in [3.05, 3.63) is 52.2 Å². The Morgan fingerprint density at radius 1 is 1.31 bits per heavy atom. The lowest BCUT2D eigenvalue weighted by atomic mass is 10.1. The van der Waals surface area contributed by atoms with E-state index in [0.717, 1.165) is 0 Å². The third-order valence-electron chi connectivity index (χ3n) is 2.11. The number of carbonyl (C=O) groups excluding carboxylic acids is 1. The van der Waals surface area contributed by atoms with Crippen LogP contribution >= 0.6 is 0 Å². The van der Waals surface area contributed by atoms with E-state index >= 15 is 0 Å². The highest BCUT2D eigenvalue weighted by atomic mass is 16.6. The number of allylic oxidation sites excluding steroid dienone is 1. The Morgan fingerprint density at radius 3 is 2.38 bits per heavy atom. The molecule has 1 N–H and O–H groups in total. The van der Waals surface area contributed by atoms with Gasteiger partial charge in [-0.3, -0.25) is 10.1 Å². The SMILES string of the molecule is C=C1NC(=O)N=C1c1ccc([N+](=O)[O-])cc1. The molecule has 0 bridgehead atoms. The summed E-state index contributed by atoms with van der Waals surface area (Å²) in [4.78, 5) is 24.6. The number of nitrogens with one attached hydrogen (secondary N) is 1. The average Bonchev–Trinajstić information content (AvgIpc) is 2.58. The number of nitro groups is 1. The van der Waals surface area contributed by atoms with Gasteiger partial charge in [0.15, 0.2) is 0 Å². The zero-order valence-electron chi connectivity index (χ0n) is 8.14. The molecule has 6 nitrogen and oxygen atoms in total. The zero-order chi connectivity index (χ0) is 11.7. The van der Waals surface area contributed by atoms with Gasteiger partial charge in [0.2, 0.25) is 0 Å². The Labute approximate surface area is 90.5 Å². The van der Waals surface area contributed by atoms with Crippen molar-refractivity contribution in [2.24, 2.45) is 4.99 Å². The Kier molecular flexibility index (Phi) is 2.24. The zero-order valence-corrected chi connectivity index (χ0v) is 8.14. The molecule has 80 valence electrons. The number of hydrogen-bond acceptors (Lipinski definition) is 3. The maximum Gasteiger partial charge on any atom is 0.346 e. The van der Waals surface area contributed by atoms with Gasteiger partial charge in [-0.25, -0.2) is 4.79 Å². The van der Waals surface area contributed by atoms with Crippen molar-refractivity contribution in [3.8, 4) is 0 Å². The molecule has 0 saturated heterocycles. The summed E-state index contributed by atoms with van der Waals surface area (Å²) in [5, 5.41) is 12.9. The van der Waals surface area contributed by atoms with Gasteiger partial charge < -0.3 is 5.32 Å². The molecule has 0 fully saturated rings. The van der Waals surface area contributed by atoms with Crippen molar-refractivity contribution in [2.75, 3.05) is 0 Å². The Hall–Kier alpha value is -2.50. The number of benzene rings is 1. The second kappa shape index (κ2) is 3.58. The molecule has 0 radical (unpaired) electrons. The predicted molar refractivity (Wildman–Crippen MR) is 57.3 cm³/mol. The van der Waals surface area contributed by atoms with Gasteiger partial charge in [0.25, 0.3) is 5.69 Å². The first-order valence-electron chi connectivity index (χ1n) is 4.42. The van der Waals surface area contributed by atoms with E-state index in [1.165, 1.54) is 24.3 Å². The van der Waals surface area contributed by atoms with Crippen LogP contribution in [0.25, 0.3) is 0 Å². The number of urea groups is 1. The number of carbonyl (C=O) groups is 1. The lowest BCUT2D eigenvalue weighted by Gasteiger charge is -2.00. The van der Waals surface area contributed by atoms with E-state index in [4.69, 9.17) is 0 Å².